The largest absolute Gasteiger partial charge is 0.495 e. The lowest BCUT2D eigenvalue weighted by Crippen LogP contribution is -2.44. The molecule has 0 aliphatic carbocycles. The van der Waals surface area contributed by atoms with Crippen molar-refractivity contribution < 1.29 is 32.6 Å². The number of ether oxygens (including phenoxy) is 2. The average molecular weight is 359 g/mol. The summed E-state index contributed by atoms with van der Waals surface area (Å²) in [6.07, 6.45) is 0. The third kappa shape index (κ3) is 4.68. The van der Waals surface area contributed by atoms with Crippen LogP contribution in [0.15, 0.2) is 23.1 Å². The first-order valence-corrected chi connectivity index (χ1v) is 8.72. The number of esters is 1. The van der Waals surface area contributed by atoms with Crippen LogP contribution in [0.5, 0.6) is 5.75 Å². The van der Waals surface area contributed by atoms with Crippen LogP contribution in [-0.4, -0.2) is 45.2 Å². The van der Waals surface area contributed by atoms with Crippen molar-refractivity contribution in [3.63, 3.8) is 0 Å². The second kappa shape index (κ2) is 8.11. The number of carboxylic acids is 1. The molecule has 1 aromatic rings. The number of sulfonamides is 1. The highest BCUT2D eigenvalue weighted by Gasteiger charge is 2.30. The topological polar surface area (TPSA) is 119 Å². The fourth-order valence-electron chi connectivity index (χ4n) is 1.93. The summed E-state index contributed by atoms with van der Waals surface area (Å²) in [6.45, 7) is 4.92. The number of carbonyl (C=O) groups is 2. The first-order valence-electron chi connectivity index (χ1n) is 7.24. The zero-order valence-electron chi connectivity index (χ0n) is 13.9. The minimum absolute atomic E-state index is 0.0107. The van der Waals surface area contributed by atoms with E-state index in [4.69, 9.17) is 14.6 Å². The van der Waals surface area contributed by atoms with Crippen LogP contribution < -0.4 is 9.46 Å². The monoisotopic (exact) mass is 359 g/mol. The maximum atomic E-state index is 12.6. The predicted octanol–water partition coefficient (Wildman–Crippen LogP) is 1.26. The molecule has 0 aliphatic rings. The molecular formula is C15H21NO7S. The number of hydrogen-bond donors (Lipinski definition) is 2. The molecule has 9 heteroatoms. The Morgan fingerprint density at radius 2 is 1.92 bits per heavy atom. The van der Waals surface area contributed by atoms with E-state index in [-0.39, 0.29) is 22.8 Å². The lowest BCUT2D eigenvalue weighted by atomic mass is 10.1. The van der Waals surface area contributed by atoms with Crippen LogP contribution in [0.4, 0.5) is 0 Å². The number of hydrogen-bond acceptors (Lipinski definition) is 6. The fourth-order valence-corrected chi connectivity index (χ4v) is 3.46. The van der Waals surface area contributed by atoms with E-state index in [1.165, 1.54) is 19.2 Å². The number of nitrogens with one attached hydrogen (secondary N) is 1. The predicted molar refractivity (Wildman–Crippen MR) is 85.5 cm³/mol. The van der Waals surface area contributed by atoms with Crippen molar-refractivity contribution in [2.45, 2.75) is 31.7 Å². The van der Waals surface area contributed by atoms with Crippen LogP contribution in [0.25, 0.3) is 0 Å². The van der Waals surface area contributed by atoms with Gasteiger partial charge in [0.1, 0.15) is 16.7 Å². The van der Waals surface area contributed by atoms with E-state index in [0.717, 1.165) is 6.07 Å². The van der Waals surface area contributed by atoms with Crippen LogP contribution in [0, 0.1) is 5.92 Å². The van der Waals surface area contributed by atoms with Crippen molar-refractivity contribution in [1.29, 1.82) is 0 Å². The molecule has 134 valence electrons. The molecule has 0 spiro atoms. The first kappa shape index (κ1) is 19.9. The molecule has 2 N–H and O–H groups in total. The van der Waals surface area contributed by atoms with Gasteiger partial charge in [0.2, 0.25) is 10.0 Å². The molecule has 0 bridgehead atoms. The zero-order chi connectivity index (χ0) is 18.5. The van der Waals surface area contributed by atoms with Crippen molar-refractivity contribution in [3.8, 4) is 5.75 Å². The van der Waals surface area contributed by atoms with E-state index in [1.54, 1.807) is 20.8 Å². The Morgan fingerprint density at radius 3 is 2.38 bits per heavy atom. The van der Waals surface area contributed by atoms with E-state index in [9.17, 15) is 18.0 Å². The Balaban J connectivity index is 3.33. The lowest BCUT2D eigenvalue weighted by Gasteiger charge is -2.19. The summed E-state index contributed by atoms with van der Waals surface area (Å²) in [7, 11) is -2.95. The molecule has 0 saturated carbocycles. The zero-order valence-corrected chi connectivity index (χ0v) is 14.7. The molecule has 1 atom stereocenters. The molecule has 0 heterocycles. The normalized spacial score (nSPS) is 12.7. The molecule has 1 rings (SSSR count). The number of carbonyl (C=O) groups excluding carboxylic acids is 1. The number of methoxy groups -OCH3 is 1. The Kier molecular flexibility index (Phi) is 6.73. The van der Waals surface area contributed by atoms with Gasteiger partial charge in [-0.05, 0) is 31.0 Å². The fraction of sp³-hybridized carbons (Fsp3) is 0.467. The van der Waals surface area contributed by atoms with E-state index in [0.29, 0.717) is 0 Å². The quantitative estimate of drug-likeness (QED) is 0.671. The third-order valence-corrected chi connectivity index (χ3v) is 4.64. The summed E-state index contributed by atoms with van der Waals surface area (Å²) < 4.78 is 37.1. The van der Waals surface area contributed by atoms with Crippen LogP contribution in [0.3, 0.4) is 0 Å². The molecule has 1 aromatic carbocycles. The number of carboxylic acid groups (broad SMARTS) is 1. The smallest absolute Gasteiger partial charge is 0.338 e. The molecule has 0 radical (unpaired) electrons. The first-order chi connectivity index (χ1) is 11.1. The summed E-state index contributed by atoms with van der Waals surface area (Å²) in [5.74, 6) is -2.47. The van der Waals surface area contributed by atoms with Crippen molar-refractivity contribution >= 4 is 22.0 Å². The second-order valence-corrected chi connectivity index (χ2v) is 6.95. The van der Waals surface area contributed by atoms with Crippen LogP contribution >= 0.6 is 0 Å². The van der Waals surface area contributed by atoms with Crippen molar-refractivity contribution in [3.05, 3.63) is 23.8 Å². The molecule has 0 fully saturated rings. The van der Waals surface area contributed by atoms with Crippen LogP contribution in [-0.2, 0) is 19.6 Å². The number of benzene rings is 1. The number of rotatable bonds is 8. The van der Waals surface area contributed by atoms with Gasteiger partial charge in [-0.25, -0.2) is 13.2 Å². The highest BCUT2D eigenvalue weighted by Crippen LogP contribution is 2.26. The van der Waals surface area contributed by atoms with E-state index < -0.39 is 33.9 Å². The van der Waals surface area contributed by atoms with E-state index in [1.807, 2.05) is 0 Å². The summed E-state index contributed by atoms with van der Waals surface area (Å²) in [5.41, 5.74) is 0.0226. The molecule has 0 amide bonds. The Bertz CT molecular complexity index is 713. The van der Waals surface area contributed by atoms with Gasteiger partial charge in [0.15, 0.2) is 0 Å². The maximum absolute atomic E-state index is 12.6. The SMILES string of the molecule is CCOC(=O)c1ccc(OC)c(S(=O)(=O)N[C@@H](C(=O)O)C(C)C)c1. The summed E-state index contributed by atoms with van der Waals surface area (Å²) in [4.78, 5) is 22.7. The minimum atomic E-state index is -4.23. The Hall–Kier alpha value is -2.13. The van der Waals surface area contributed by atoms with Gasteiger partial charge in [-0.1, -0.05) is 13.8 Å². The molecule has 0 saturated heterocycles. The van der Waals surface area contributed by atoms with Gasteiger partial charge in [0.05, 0.1) is 19.3 Å². The summed E-state index contributed by atoms with van der Waals surface area (Å²) >= 11 is 0. The van der Waals surface area contributed by atoms with Gasteiger partial charge in [-0.15, -0.1) is 0 Å². The molecule has 24 heavy (non-hydrogen) atoms. The van der Waals surface area contributed by atoms with E-state index in [2.05, 4.69) is 4.72 Å². The van der Waals surface area contributed by atoms with Gasteiger partial charge in [0, 0.05) is 0 Å². The van der Waals surface area contributed by atoms with Crippen molar-refractivity contribution in [2.75, 3.05) is 13.7 Å². The molecule has 0 aliphatic heterocycles. The van der Waals surface area contributed by atoms with Gasteiger partial charge in [-0.3, -0.25) is 4.79 Å². The third-order valence-electron chi connectivity index (χ3n) is 3.18. The van der Waals surface area contributed by atoms with Gasteiger partial charge in [-0.2, -0.15) is 4.72 Å². The maximum Gasteiger partial charge on any atom is 0.338 e. The highest BCUT2D eigenvalue weighted by molar-refractivity contribution is 7.89. The van der Waals surface area contributed by atoms with Crippen LogP contribution in [0.1, 0.15) is 31.1 Å². The second-order valence-electron chi connectivity index (χ2n) is 5.27. The van der Waals surface area contributed by atoms with E-state index >= 15 is 0 Å². The summed E-state index contributed by atoms with van der Waals surface area (Å²) in [5, 5.41) is 9.16. The highest BCUT2D eigenvalue weighted by atomic mass is 32.2. The van der Waals surface area contributed by atoms with Crippen molar-refractivity contribution in [2.24, 2.45) is 5.92 Å². The van der Waals surface area contributed by atoms with Gasteiger partial charge < -0.3 is 14.6 Å². The standard InChI is InChI=1S/C15H21NO7S/c1-5-23-15(19)10-6-7-11(22-4)12(8-10)24(20,21)16-13(9(2)3)14(17)18/h6-9,13,16H,5H2,1-4H3,(H,17,18)/t13-/m1/s1. The Morgan fingerprint density at radius 1 is 1.29 bits per heavy atom. The minimum Gasteiger partial charge on any atom is -0.495 e. The van der Waals surface area contributed by atoms with Gasteiger partial charge >= 0.3 is 11.9 Å². The molecular weight excluding hydrogens is 338 g/mol. The summed E-state index contributed by atoms with van der Waals surface area (Å²) in [6, 6.07) is 2.46. The Labute approximate surface area is 140 Å². The average Bonchev–Trinajstić information content (AvgIpc) is 2.51. The molecule has 8 nitrogen and oxygen atoms in total. The molecule has 0 unspecified atom stereocenters. The van der Waals surface area contributed by atoms with Crippen LogP contribution in [0.2, 0.25) is 0 Å². The van der Waals surface area contributed by atoms with Crippen molar-refractivity contribution in [1.82, 2.24) is 4.72 Å². The lowest BCUT2D eigenvalue weighted by molar-refractivity contribution is -0.140. The number of aliphatic carboxylic acids is 1. The van der Waals surface area contributed by atoms with Gasteiger partial charge in [0.25, 0.3) is 0 Å². The molecule has 0 aromatic heterocycles.